The van der Waals surface area contributed by atoms with Gasteiger partial charge in [-0.2, -0.15) is 0 Å². The molecule has 2 aliphatic carbocycles. The second-order valence-electron chi connectivity index (χ2n) is 11.1. The Morgan fingerprint density at radius 1 is 0.686 bits per heavy atom. The van der Waals surface area contributed by atoms with Crippen LogP contribution in [0.5, 0.6) is 5.75 Å². The van der Waals surface area contributed by atoms with Crippen LogP contribution in [0.15, 0.2) is 91.0 Å². The zero-order valence-corrected chi connectivity index (χ0v) is 20.6. The minimum atomic E-state index is -0.424. The second-order valence-corrected chi connectivity index (χ2v) is 11.1. The Kier molecular flexibility index (Phi) is 4.24. The third-order valence-electron chi connectivity index (χ3n) is 8.80. The normalized spacial score (nSPS) is 25.5. The third kappa shape index (κ3) is 2.70. The fourth-order valence-electron chi connectivity index (χ4n) is 6.42. The van der Waals surface area contributed by atoms with Gasteiger partial charge in [0, 0.05) is 11.5 Å². The molecule has 0 N–H and O–H groups in total. The molecule has 0 amide bonds. The highest BCUT2D eigenvalue weighted by Gasteiger charge is 2.56. The summed E-state index contributed by atoms with van der Waals surface area (Å²) in [7, 11) is -0.424. The predicted molar refractivity (Wildman–Crippen MR) is 140 cm³/mol. The van der Waals surface area contributed by atoms with Crippen molar-refractivity contribution in [3.05, 3.63) is 108 Å². The summed E-state index contributed by atoms with van der Waals surface area (Å²) in [6, 6.07) is 24.3. The van der Waals surface area contributed by atoms with Gasteiger partial charge in [0.2, 0.25) is 0 Å². The lowest BCUT2D eigenvalue weighted by molar-refractivity contribution is 0.00578. The molecule has 0 bridgehead atoms. The lowest BCUT2D eigenvalue weighted by atomic mass is 9.59. The van der Waals surface area contributed by atoms with Gasteiger partial charge in [-0.25, -0.2) is 0 Å². The lowest BCUT2D eigenvalue weighted by Crippen LogP contribution is -2.48. The molecule has 35 heavy (non-hydrogen) atoms. The van der Waals surface area contributed by atoms with Crippen LogP contribution in [0, 0.1) is 5.92 Å². The molecule has 7 rings (SSSR count). The highest BCUT2D eigenvalue weighted by Crippen LogP contribution is 2.61. The molecule has 2 atom stereocenters. The smallest absolute Gasteiger partial charge is 0.485 e. The van der Waals surface area contributed by atoms with Crippen LogP contribution in [0.3, 0.4) is 0 Å². The van der Waals surface area contributed by atoms with Crippen LogP contribution in [0.1, 0.15) is 44.4 Å². The molecule has 3 aromatic carbocycles. The van der Waals surface area contributed by atoms with Crippen LogP contribution in [0.25, 0.3) is 11.1 Å². The zero-order chi connectivity index (χ0) is 24.0. The molecule has 1 fully saturated rings. The Balaban J connectivity index is 1.46. The molecule has 0 saturated carbocycles. The first-order chi connectivity index (χ1) is 16.8. The number of allylic oxidation sites excluding steroid dienone is 2. The molecule has 2 aliphatic heterocycles. The molecule has 3 nitrogen and oxygen atoms in total. The highest BCUT2D eigenvalue weighted by molar-refractivity contribution is 6.62. The van der Waals surface area contributed by atoms with E-state index in [1.807, 2.05) is 0 Å². The van der Waals surface area contributed by atoms with Gasteiger partial charge < -0.3 is 14.0 Å². The number of rotatable bonds is 1. The summed E-state index contributed by atoms with van der Waals surface area (Å²) in [6.07, 6.45) is 8.74. The minimum Gasteiger partial charge on any atom is -0.485 e. The Morgan fingerprint density at radius 2 is 1.29 bits per heavy atom. The minimum absolute atomic E-state index is 0.0553. The van der Waals surface area contributed by atoms with E-state index >= 15 is 0 Å². The summed E-state index contributed by atoms with van der Waals surface area (Å²) in [6.45, 7) is 8.36. The van der Waals surface area contributed by atoms with Crippen LogP contribution >= 0.6 is 0 Å². The van der Waals surface area contributed by atoms with Crippen LogP contribution in [0.2, 0.25) is 0 Å². The monoisotopic (exact) mass is 460 g/mol. The van der Waals surface area contributed by atoms with Crippen molar-refractivity contribution < 1.29 is 14.0 Å². The molecule has 174 valence electrons. The lowest BCUT2D eigenvalue weighted by Gasteiger charge is -2.47. The number of ether oxygens (including phenoxy) is 1. The highest BCUT2D eigenvalue weighted by atomic mass is 16.7. The van der Waals surface area contributed by atoms with Crippen molar-refractivity contribution in [3.63, 3.8) is 0 Å². The van der Waals surface area contributed by atoms with E-state index in [2.05, 4.69) is 119 Å². The zero-order valence-electron chi connectivity index (χ0n) is 20.6. The van der Waals surface area contributed by atoms with Crippen molar-refractivity contribution in [2.45, 2.75) is 50.4 Å². The van der Waals surface area contributed by atoms with Crippen molar-refractivity contribution in [1.29, 1.82) is 0 Å². The van der Waals surface area contributed by atoms with E-state index in [4.69, 9.17) is 14.0 Å². The van der Waals surface area contributed by atoms with Crippen LogP contribution < -0.4 is 10.2 Å². The molecule has 0 radical (unpaired) electrons. The van der Waals surface area contributed by atoms with Crippen LogP contribution in [-0.4, -0.2) is 24.4 Å². The van der Waals surface area contributed by atoms with Crippen molar-refractivity contribution in [3.8, 4) is 16.9 Å². The molecule has 3 aromatic rings. The number of hydrogen-bond donors (Lipinski definition) is 0. The van der Waals surface area contributed by atoms with Gasteiger partial charge in [-0.3, -0.25) is 0 Å². The molecule has 2 heterocycles. The Labute approximate surface area is 207 Å². The molecule has 4 heteroatoms. The molecule has 1 saturated heterocycles. The first-order valence-electron chi connectivity index (χ1n) is 12.5. The van der Waals surface area contributed by atoms with E-state index in [1.54, 1.807) is 0 Å². The fourth-order valence-corrected chi connectivity index (χ4v) is 6.42. The Morgan fingerprint density at radius 3 is 1.94 bits per heavy atom. The summed E-state index contributed by atoms with van der Waals surface area (Å²) in [5, 5.41) is 0. The average molecular weight is 460 g/mol. The van der Waals surface area contributed by atoms with Crippen molar-refractivity contribution in [2.75, 3.05) is 0 Å². The quantitative estimate of drug-likeness (QED) is 0.430. The second kappa shape index (κ2) is 6.99. The topological polar surface area (TPSA) is 27.7 Å². The van der Waals surface area contributed by atoms with E-state index in [9.17, 15) is 0 Å². The summed E-state index contributed by atoms with van der Waals surface area (Å²) < 4.78 is 19.5. The first kappa shape index (κ1) is 21.2. The first-order valence-corrected chi connectivity index (χ1v) is 12.5. The van der Waals surface area contributed by atoms with Gasteiger partial charge in [-0.1, -0.05) is 78.9 Å². The maximum atomic E-state index is 6.71. The van der Waals surface area contributed by atoms with E-state index in [-0.39, 0.29) is 28.6 Å². The van der Waals surface area contributed by atoms with Gasteiger partial charge in [-0.05, 0) is 67.6 Å². The predicted octanol–water partition coefficient (Wildman–Crippen LogP) is 5.80. The van der Waals surface area contributed by atoms with Crippen molar-refractivity contribution >= 4 is 12.6 Å². The van der Waals surface area contributed by atoms with Gasteiger partial charge in [0.15, 0.2) is 0 Å². The summed E-state index contributed by atoms with van der Waals surface area (Å²) in [4.78, 5) is 0. The maximum Gasteiger partial charge on any atom is 0.494 e. The van der Waals surface area contributed by atoms with Gasteiger partial charge in [0.25, 0.3) is 0 Å². The Hall–Kier alpha value is -3.08. The van der Waals surface area contributed by atoms with Crippen molar-refractivity contribution in [1.82, 2.24) is 0 Å². The maximum absolute atomic E-state index is 6.71. The SMILES string of the molecule is CC1(C)OB(c2ccc3c(c2)OC2C=CC=CC2C32c3ccccc3-c3ccccc32)OC1(C)C. The van der Waals surface area contributed by atoms with E-state index in [1.165, 1.54) is 27.8 Å². The van der Waals surface area contributed by atoms with Crippen LogP contribution in [-0.2, 0) is 14.7 Å². The largest absolute Gasteiger partial charge is 0.494 e. The number of benzene rings is 3. The molecule has 0 aromatic heterocycles. The van der Waals surface area contributed by atoms with Gasteiger partial charge in [0.05, 0.1) is 16.6 Å². The van der Waals surface area contributed by atoms with Crippen molar-refractivity contribution in [2.24, 2.45) is 5.92 Å². The number of hydrogen-bond acceptors (Lipinski definition) is 3. The molecule has 1 spiro atoms. The summed E-state index contributed by atoms with van der Waals surface area (Å²) >= 11 is 0. The Bertz CT molecular complexity index is 1350. The molecular formula is C31H29BO3. The van der Waals surface area contributed by atoms with E-state index in [0.717, 1.165) is 11.2 Å². The van der Waals surface area contributed by atoms with Crippen LogP contribution in [0.4, 0.5) is 0 Å². The van der Waals surface area contributed by atoms with Gasteiger partial charge in [0.1, 0.15) is 11.9 Å². The van der Waals surface area contributed by atoms with E-state index in [0.29, 0.717) is 0 Å². The molecular weight excluding hydrogens is 431 g/mol. The standard InChI is InChI=1S/C31H29BO3/c1-29(2)30(3,4)35-32(34-29)20-17-18-26-28(19-20)33-27-16-10-9-15-25(27)31(26)23-13-7-5-11-21(23)22-12-6-8-14-24(22)31/h5-19,25,27H,1-4H3. The third-order valence-corrected chi connectivity index (χ3v) is 8.80. The number of fused-ring (bicyclic) bond motifs is 9. The molecule has 2 unspecified atom stereocenters. The average Bonchev–Trinajstić information content (AvgIpc) is 3.27. The van der Waals surface area contributed by atoms with Gasteiger partial charge in [-0.15, -0.1) is 0 Å². The molecule has 4 aliphatic rings. The summed E-state index contributed by atoms with van der Waals surface area (Å²) in [5.41, 5.74) is 6.43. The fraction of sp³-hybridized carbons (Fsp3) is 0.290. The van der Waals surface area contributed by atoms with E-state index < -0.39 is 7.12 Å². The summed E-state index contributed by atoms with van der Waals surface area (Å²) in [5.74, 6) is 1.07. The van der Waals surface area contributed by atoms with Gasteiger partial charge >= 0.3 is 7.12 Å².